The molecule has 0 saturated heterocycles. The van der Waals surface area contributed by atoms with Crippen LogP contribution < -0.4 is 21.7 Å². The van der Waals surface area contributed by atoms with Crippen LogP contribution in [0.2, 0.25) is 0 Å². The van der Waals surface area contributed by atoms with Gasteiger partial charge in [0, 0.05) is 12.0 Å². The molecule has 0 spiro atoms. The third-order valence-electron chi connectivity index (χ3n) is 4.32. The maximum absolute atomic E-state index is 12.4. The van der Waals surface area contributed by atoms with Crippen molar-refractivity contribution in [2.75, 3.05) is 7.05 Å². The normalized spacial score (nSPS) is 25.2. The molecule has 0 aromatic rings. The van der Waals surface area contributed by atoms with Crippen LogP contribution in [-0.2, 0) is 14.4 Å². The molecule has 148 valence electrons. The van der Waals surface area contributed by atoms with Crippen LogP contribution in [0.3, 0.4) is 0 Å². The van der Waals surface area contributed by atoms with Gasteiger partial charge in [0.15, 0.2) is 0 Å². The first kappa shape index (κ1) is 22.1. The Hall–Kier alpha value is -1.97. The maximum Gasteiger partial charge on any atom is 0.247 e. The van der Waals surface area contributed by atoms with Crippen LogP contribution in [0.5, 0.6) is 0 Å². The summed E-state index contributed by atoms with van der Waals surface area (Å²) in [6.45, 7) is 5.41. The Balaban J connectivity index is 2.89. The van der Waals surface area contributed by atoms with Crippen molar-refractivity contribution in [2.45, 2.75) is 63.9 Å². The molecule has 0 bridgehead atoms. The second-order valence-corrected chi connectivity index (χ2v) is 7.06. The van der Waals surface area contributed by atoms with Crippen LogP contribution in [0.4, 0.5) is 0 Å². The fourth-order valence-corrected chi connectivity index (χ4v) is 2.72. The number of carbonyl (C=O) groups is 3. The highest BCUT2D eigenvalue weighted by atomic mass is 16.3. The molecule has 26 heavy (non-hydrogen) atoms. The molecular weight excluding hydrogens is 340 g/mol. The number of hydrogen-bond acceptors (Lipinski definition) is 6. The molecule has 0 saturated carbocycles. The molecular formula is C17H30N4O5. The third-order valence-corrected chi connectivity index (χ3v) is 4.32. The van der Waals surface area contributed by atoms with E-state index in [0.717, 1.165) is 0 Å². The van der Waals surface area contributed by atoms with Crippen LogP contribution in [-0.4, -0.2) is 65.3 Å². The first-order chi connectivity index (χ1) is 12.1. The summed E-state index contributed by atoms with van der Waals surface area (Å²) < 4.78 is 0. The van der Waals surface area contributed by atoms with Crippen molar-refractivity contribution in [1.29, 1.82) is 0 Å². The highest BCUT2D eigenvalue weighted by Crippen LogP contribution is 2.20. The number of nitrogens with two attached hydrogens (primary N) is 1. The van der Waals surface area contributed by atoms with Gasteiger partial charge in [-0.25, -0.2) is 0 Å². The first-order valence-electron chi connectivity index (χ1n) is 8.71. The lowest BCUT2D eigenvalue weighted by molar-refractivity contribution is -0.126. The number of amides is 3. The third kappa shape index (κ3) is 6.08. The van der Waals surface area contributed by atoms with E-state index in [0.29, 0.717) is 6.42 Å². The Labute approximate surface area is 153 Å². The molecule has 9 heteroatoms. The van der Waals surface area contributed by atoms with Crippen LogP contribution in [0.15, 0.2) is 11.6 Å². The van der Waals surface area contributed by atoms with E-state index in [-0.39, 0.29) is 23.8 Å². The summed E-state index contributed by atoms with van der Waals surface area (Å²) in [6.07, 6.45) is -0.540. The van der Waals surface area contributed by atoms with Crippen molar-refractivity contribution in [3.8, 4) is 0 Å². The van der Waals surface area contributed by atoms with E-state index < -0.39 is 42.1 Å². The lowest BCUT2D eigenvalue weighted by atomic mass is 9.89. The van der Waals surface area contributed by atoms with Crippen molar-refractivity contribution in [3.05, 3.63) is 11.6 Å². The molecule has 1 rings (SSSR count). The zero-order valence-corrected chi connectivity index (χ0v) is 15.7. The number of hydrogen-bond donors (Lipinski definition) is 6. The highest BCUT2D eigenvalue weighted by Gasteiger charge is 2.35. The summed E-state index contributed by atoms with van der Waals surface area (Å²) in [5.41, 5.74) is 5.29. The van der Waals surface area contributed by atoms with E-state index in [1.807, 2.05) is 13.8 Å². The molecule has 0 unspecified atom stereocenters. The number of rotatable bonds is 8. The smallest absolute Gasteiger partial charge is 0.247 e. The molecule has 0 aromatic carbocycles. The van der Waals surface area contributed by atoms with Crippen molar-refractivity contribution < 1.29 is 24.6 Å². The molecule has 1 aliphatic carbocycles. The van der Waals surface area contributed by atoms with Gasteiger partial charge in [-0.1, -0.05) is 19.9 Å². The van der Waals surface area contributed by atoms with E-state index in [4.69, 9.17) is 5.73 Å². The molecule has 0 fully saturated rings. The van der Waals surface area contributed by atoms with E-state index in [9.17, 15) is 24.6 Å². The molecule has 7 N–H and O–H groups in total. The van der Waals surface area contributed by atoms with Crippen molar-refractivity contribution in [1.82, 2.24) is 16.0 Å². The number of primary amides is 1. The standard InChI is InChI=1S/C17H30N4O5/c1-8(2)5-12(19-4)17(26)21-11-6-10(7-13(22)14(11)23)16(25)20-9(3)15(18)24/h6,8-9,11-14,19,22-23H,5,7H2,1-4H3,(H2,18,24)(H,20,25)(H,21,26)/t9-,11-,12+,13-,14-/m1/s1. The predicted octanol–water partition coefficient (Wildman–Crippen LogP) is -1.85. The zero-order valence-electron chi connectivity index (χ0n) is 15.7. The van der Waals surface area contributed by atoms with Crippen LogP contribution in [0, 0.1) is 5.92 Å². The summed E-state index contributed by atoms with van der Waals surface area (Å²) in [4.78, 5) is 35.7. The summed E-state index contributed by atoms with van der Waals surface area (Å²) in [5.74, 6) is -1.31. The maximum atomic E-state index is 12.4. The Morgan fingerprint density at radius 1 is 1.27 bits per heavy atom. The average Bonchev–Trinajstić information content (AvgIpc) is 2.55. The Morgan fingerprint density at radius 2 is 1.88 bits per heavy atom. The van der Waals surface area contributed by atoms with Crippen molar-refractivity contribution in [3.63, 3.8) is 0 Å². The minimum absolute atomic E-state index is 0.0910. The van der Waals surface area contributed by atoms with Gasteiger partial charge in [-0.2, -0.15) is 0 Å². The summed E-state index contributed by atoms with van der Waals surface area (Å²) in [7, 11) is 1.67. The number of aliphatic hydroxyl groups excluding tert-OH is 2. The molecule has 3 amide bonds. The predicted molar refractivity (Wildman–Crippen MR) is 95.7 cm³/mol. The summed E-state index contributed by atoms with van der Waals surface area (Å²) in [5, 5.41) is 28.2. The molecule has 9 nitrogen and oxygen atoms in total. The van der Waals surface area contributed by atoms with E-state index >= 15 is 0 Å². The molecule has 0 heterocycles. The number of aliphatic hydroxyl groups is 2. The Bertz CT molecular complexity index is 563. The molecule has 0 aromatic heterocycles. The SMILES string of the molecule is CN[C@@H](CC(C)C)C(=O)N[C@@H]1C=C(C(=O)N[C@H](C)C(N)=O)C[C@@H](O)[C@@H]1O. The Morgan fingerprint density at radius 3 is 2.38 bits per heavy atom. The number of likely N-dealkylation sites (N-methyl/N-ethyl adjacent to an activating group) is 1. The lowest BCUT2D eigenvalue weighted by Gasteiger charge is -2.32. The molecule has 0 aliphatic heterocycles. The monoisotopic (exact) mass is 370 g/mol. The highest BCUT2D eigenvalue weighted by molar-refractivity contribution is 5.97. The van der Waals surface area contributed by atoms with E-state index in [2.05, 4.69) is 16.0 Å². The van der Waals surface area contributed by atoms with E-state index in [1.165, 1.54) is 13.0 Å². The molecule has 0 radical (unpaired) electrons. The molecule has 1 aliphatic rings. The second-order valence-electron chi connectivity index (χ2n) is 7.06. The van der Waals surface area contributed by atoms with Crippen molar-refractivity contribution in [2.24, 2.45) is 11.7 Å². The zero-order chi connectivity index (χ0) is 20.0. The fourth-order valence-electron chi connectivity index (χ4n) is 2.72. The number of carbonyl (C=O) groups excluding carboxylic acids is 3. The first-order valence-corrected chi connectivity index (χ1v) is 8.71. The van der Waals surface area contributed by atoms with Crippen LogP contribution in [0.25, 0.3) is 0 Å². The van der Waals surface area contributed by atoms with Gasteiger partial charge >= 0.3 is 0 Å². The van der Waals surface area contributed by atoms with Gasteiger partial charge in [-0.15, -0.1) is 0 Å². The van der Waals surface area contributed by atoms with Gasteiger partial charge < -0.3 is 31.9 Å². The second kappa shape index (κ2) is 9.65. The van der Waals surface area contributed by atoms with Crippen LogP contribution in [0.1, 0.15) is 33.6 Å². The van der Waals surface area contributed by atoms with Gasteiger partial charge in [-0.3, -0.25) is 14.4 Å². The topological polar surface area (TPSA) is 154 Å². The average molecular weight is 370 g/mol. The van der Waals surface area contributed by atoms with Gasteiger partial charge in [0.1, 0.15) is 12.1 Å². The quantitative estimate of drug-likeness (QED) is 0.295. The summed E-state index contributed by atoms with van der Waals surface area (Å²) >= 11 is 0. The Kier molecular flexibility index (Phi) is 8.19. The molecule has 5 atom stereocenters. The number of nitrogens with one attached hydrogen (secondary N) is 3. The minimum Gasteiger partial charge on any atom is -0.390 e. The van der Waals surface area contributed by atoms with Crippen LogP contribution >= 0.6 is 0 Å². The fraction of sp³-hybridized carbons (Fsp3) is 0.706. The van der Waals surface area contributed by atoms with E-state index in [1.54, 1.807) is 7.05 Å². The van der Waals surface area contributed by atoms with Crippen molar-refractivity contribution >= 4 is 17.7 Å². The largest absolute Gasteiger partial charge is 0.390 e. The summed E-state index contributed by atoms with van der Waals surface area (Å²) in [6, 6.07) is -2.25. The van der Waals surface area contributed by atoms with Gasteiger partial charge in [0.25, 0.3) is 0 Å². The lowest BCUT2D eigenvalue weighted by Crippen LogP contribution is -2.55. The van der Waals surface area contributed by atoms with Gasteiger partial charge in [0.05, 0.1) is 18.2 Å². The minimum atomic E-state index is -1.24. The van der Waals surface area contributed by atoms with Gasteiger partial charge in [-0.05, 0) is 26.3 Å². The van der Waals surface area contributed by atoms with Gasteiger partial charge in [0.2, 0.25) is 17.7 Å².